The molecule has 0 bridgehead atoms. The number of carboxylic acids is 2. The Morgan fingerprint density at radius 1 is 0.960 bits per heavy atom. The van der Waals surface area contributed by atoms with Crippen LogP contribution in [0.3, 0.4) is 0 Å². The van der Waals surface area contributed by atoms with Crippen molar-refractivity contribution in [2.45, 2.75) is 83.8 Å². The van der Waals surface area contributed by atoms with Gasteiger partial charge in [-0.2, -0.15) is 27.7 Å². The van der Waals surface area contributed by atoms with Gasteiger partial charge in [0.05, 0.1) is 6.42 Å². The van der Waals surface area contributed by atoms with Crippen LogP contribution in [0.1, 0.15) is 78.6 Å². The molecule has 0 fully saturated rings. The summed E-state index contributed by atoms with van der Waals surface area (Å²) in [6.07, 6.45) is 9.91. The van der Waals surface area contributed by atoms with E-state index in [0.717, 1.165) is 0 Å². The van der Waals surface area contributed by atoms with Crippen LogP contribution in [-0.4, -0.2) is 40.4 Å². The third-order valence-electron chi connectivity index (χ3n) is 3.63. The molecule has 3 N–H and O–H groups in total. The van der Waals surface area contributed by atoms with E-state index in [2.05, 4.69) is 20.8 Å². The number of hydrogen-bond donors (Lipinski definition) is 3. The third-order valence-corrected chi connectivity index (χ3v) is 4.72. The number of unbranched alkanes of at least 4 members (excludes halogenated alkanes) is 4. The molecule has 0 rings (SSSR count). The number of rotatable bonds is 12. The van der Waals surface area contributed by atoms with E-state index in [1.807, 2.05) is 0 Å². The first-order chi connectivity index (χ1) is 11.1. The number of aliphatic carboxylic acids is 2. The molecule has 9 heteroatoms. The fraction of sp³-hybridized carbons (Fsp3) is 0.812. The van der Waals surface area contributed by atoms with E-state index in [9.17, 15) is 18.0 Å². The minimum Gasteiger partial charge on any atom is -0.481 e. The second-order valence-corrected chi connectivity index (χ2v) is 7.16. The maximum absolute atomic E-state index is 10.2. The van der Waals surface area contributed by atoms with Crippen LogP contribution in [0.15, 0.2) is 0 Å². The average molecular weight is 390 g/mol. The van der Waals surface area contributed by atoms with Gasteiger partial charge in [0.2, 0.25) is 0 Å². The molecule has 0 aromatic carbocycles. The molecule has 0 saturated heterocycles. The van der Waals surface area contributed by atoms with Gasteiger partial charge in [0.25, 0.3) is 10.1 Å². The summed E-state index contributed by atoms with van der Waals surface area (Å²) in [5, 5.41) is 13.9. The molecule has 0 aliphatic carbocycles. The Kier molecular flexibility index (Phi) is 20.5. The van der Waals surface area contributed by atoms with Crippen molar-refractivity contribution >= 4 is 22.1 Å². The van der Waals surface area contributed by atoms with Crippen molar-refractivity contribution in [1.29, 1.82) is 0 Å². The van der Waals surface area contributed by atoms with Crippen molar-refractivity contribution in [1.82, 2.24) is 0 Å². The summed E-state index contributed by atoms with van der Waals surface area (Å²) < 4.78 is 28.7. The van der Waals surface area contributed by atoms with Gasteiger partial charge in [0.15, 0.2) is 5.25 Å². The predicted octanol–water partition coefficient (Wildman–Crippen LogP) is 0.547. The minimum atomic E-state index is -4.84. The second kappa shape index (κ2) is 17.3. The van der Waals surface area contributed by atoms with E-state index in [-0.39, 0.29) is 29.6 Å². The molecular formula is C16H31NaO7S. The maximum atomic E-state index is 10.2. The van der Waals surface area contributed by atoms with Gasteiger partial charge in [-0.25, -0.2) is 0 Å². The zero-order valence-electron chi connectivity index (χ0n) is 15.8. The topological polar surface area (TPSA) is 129 Å². The van der Waals surface area contributed by atoms with Gasteiger partial charge in [-0.05, 0) is 0 Å². The zero-order chi connectivity index (χ0) is 19.2. The molecule has 25 heavy (non-hydrogen) atoms. The van der Waals surface area contributed by atoms with Crippen LogP contribution in [0.2, 0.25) is 0 Å². The molecule has 0 aromatic rings. The van der Waals surface area contributed by atoms with Gasteiger partial charge < -0.3 is 16.1 Å². The normalized spacial score (nSPS) is 11.9. The van der Waals surface area contributed by atoms with Crippen LogP contribution >= 0.6 is 0 Å². The zero-order valence-corrected chi connectivity index (χ0v) is 18.6. The smallest absolute Gasteiger partial charge is 0.481 e. The van der Waals surface area contributed by atoms with Crippen molar-refractivity contribution in [2.24, 2.45) is 0 Å². The van der Waals surface area contributed by atoms with Gasteiger partial charge in [-0.1, -0.05) is 52.9 Å². The molecular weight excluding hydrogens is 359 g/mol. The molecule has 0 spiro atoms. The Hall–Kier alpha value is -0.150. The molecule has 1 atom stereocenters. The fourth-order valence-electron chi connectivity index (χ4n) is 2.06. The van der Waals surface area contributed by atoms with Crippen LogP contribution in [0.25, 0.3) is 0 Å². The fourth-order valence-corrected chi connectivity index (χ4v) is 2.67. The minimum absolute atomic E-state index is 0. The Labute approximate surface area is 173 Å². The third kappa shape index (κ3) is 18.4. The first kappa shape index (κ1) is 29.6. The number of hydrogen-bond acceptors (Lipinski definition) is 4. The van der Waals surface area contributed by atoms with Crippen LogP contribution in [0, 0.1) is 5.92 Å². The standard InChI is InChI=1S/C12H25.C4H6O7S.Na/c1-4-7-8-9-10-11-12(5-2)6-3;5-3(6)1-2(4(7)8)12(9,10)11;/h4-11H2,1-3H3;2H,1H2,(H,5,6)(H,7,8)(H,9,10,11);/q-1;;+1. The molecule has 0 aromatic heterocycles. The first-order valence-electron chi connectivity index (χ1n) is 8.34. The Balaban J connectivity index is -0.000000372. The van der Waals surface area contributed by atoms with Crippen molar-refractivity contribution in [3.05, 3.63) is 5.92 Å². The van der Waals surface area contributed by atoms with E-state index >= 15 is 0 Å². The molecule has 0 aliphatic heterocycles. The summed E-state index contributed by atoms with van der Waals surface area (Å²) in [6.45, 7) is 6.84. The van der Waals surface area contributed by atoms with Crippen molar-refractivity contribution in [2.75, 3.05) is 0 Å². The van der Waals surface area contributed by atoms with E-state index < -0.39 is 33.7 Å². The van der Waals surface area contributed by atoms with Crippen LogP contribution < -0.4 is 29.6 Å². The first-order valence-corrected chi connectivity index (χ1v) is 9.84. The van der Waals surface area contributed by atoms with Gasteiger partial charge in [0, 0.05) is 0 Å². The van der Waals surface area contributed by atoms with Gasteiger partial charge in [0.1, 0.15) is 0 Å². The van der Waals surface area contributed by atoms with Crippen molar-refractivity contribution in [3.8, 4) is 0 Å². The summed E-state index contributed by atoms with van der Waals surface area (Å²) in [7, 11) is -4.84. The summed E-state index contributed by atoms with van der Waals surface area (Å²) in [5.74, 6) is -1.74. The Morgan fingerprint density at radius 2 is 1.44 bits per heavy atom. The van der Waals surface area contributed by atoms with Crippen LogP contribution in [0.4, 0.5) is 0 Å². The molecule has 0 aliphatic rings. The summed E-state index contributed by atoms with van der Waals surface area (Å²) in [4.78, 5) is 20.0. The van der Waals surface area contributed by atoms with Crippen molar-refractivity contribution < 1.29 is 62.3 Å². The van der Waals surface area contributed by atoms with Gasteiger partial charge in [-0.3, -0.25) is 14.1 Å². The molecule has 0 heterocycles. The molecule has 7 nitrogen and oxygen atoms in total. The van der Waals surface area contributed by atoms with E-state index in [4.69, 9.17) is 14.8 Å². The number of carboxylic acid groups (broad SMARTS) is 2. The quantitative estimate of drug-likeness (QED) is 0.192. The monoisotopic (exact) mass is 390 g/mol. The van der Waals surface area contributed by atoms with E-state index in [0.29, 0.717) is 0 Å². The molecule has 144 valence electrons. The van der Waals surface area contributed by atoms with Gasteiger partial charge >= 0.3 is 41.5 Å². The Morgan fingerprint density at radius 3 is 1.72 bits per heavy atom. The van der Waals surface area contributed by atoms with Crippen LogP contribution in [-0.2, 0) is 19.7 Å². The average Bonchev–Trinajstić information content (AvgIpc) is 2.48. The van der Waals surface area contributed by atoms with E-state index in [1.165, 1.54) is 51.4 Å². The predicted molar refractivity (Wildman–Crippen MR) is 92.4 cm³/mol. The Bertz CT molecular complexity index is 447. The summed E-state index contributed by atoms with van der Waals surface area (Å²) >= 11 is 0. The largest absolute Gasteiger partial charge is 1.00 e. The summed E-state index contributed by atoms with van der Waals surface area (Å²) in [6, 6.07) is 0. The van der Waals surface area contributed by atoms with Crippen molar-refractivity contribution in [3.63, 3.8) is 0 Å². The van der Waals surface area contributed by atoms with Crippen LogP contribution in [0.5, 0.6) is 0 Å². The second-order valence-electron chi connectivity index (χ2n) is 5.56. The summed E-state index contributed by atoms with van der Waals surface area (Å²) in [5.41, 5.74) is 0. The molecule has 0 saturated carbocycles. The molecule has 0 amide bonds. The van der Waals surface area contributed by atoms with Gasteiger partial charge in [-0.15, -0.1) is 0 Å². The molecule has 1 unspecified atom stereocenters. The maximum Gasteiger partial charge on any atom is 1.00 e. The molecule has 0 radical (unpaired) electrons. The number of carbonyl (C=O) groups is 2. The SMILES string of the molecule is CCCCCCC[C-](CC)CC.O=C(O)CC(C(=O)O)S(=O)(=O)O.[Na+]. The van der Waals surface area contributed by atoms with E-state index in [1.54, 1.807) is 5.92 Å².